The maximum Gasteiger partial charge on any atom is 0.339 e. The topological polar surface area (TPSA) is 64.1 Å². The van der Waals surface area contributed by atoms with Gasteiger partial charge in [-0.15, -0.1) is 11.3 Å². The fraction of sp³-hybridized carbons (Fsp3) is 0.235. The molecule has 0 saturated heterocycles. The van der Waals surface area contributed by atoms with E-state index in [2.05, 4.69) is 15.3 Å². The van der Waals surface area contributed by atoms with E-state index in [0.29, 0.717) is 28.2 Å². The van der Waals surface area contributed by atoms with Crippen LogP contribution in [0.4, 0.5) is 11.5 Å². The molecule has 0 aliphatic rings. The van der Waals surface area contributed by atoms with Crippen LogP contribution in [0.2, 0.25) is 5.28 Å². The van der Waals surface area contributed by atoms with E-state index in [1.54, 1.807) is 12.3 Å². The molecule has 5 nitrogen and oxygen atoms in total. The molecule has 3 aromatic rings. The average Bonchev–Trinajstić information content (AvgIpc) is 2.95. The zero-order valence-electron chi connectivity index (χ0n) is 13.5. The zero-order valence-corrected chi connectivity index (χ0v) is 15.1. The van der Waals surface area contributed by atoms with E-state index in [1.165, 1.54) is 11.3 Å². The highest BCUT2D eigenvalue weighted by molar-refractivity contribution is 7.17. The summed E-state index contributed by atoms with van der Waals surface area (Å²) in [5.41, 5.74) is 3.54. The number of aromatic nitrogens is 2. The van der Waals surface area contributed by atoms with Gasteiger partial charge in [-0.1, -0.05) is 12.1 Å². The van der Waals surface area contributed by atoms with Crippen LogP contribution in [0.1, 0.15) is 28.4 Å². The van der Waals surface area contributed by atoms with Crippen LogP contribution in [0.15, 0.2) is 23.6 Å². The minimum Gasteiger partial charge on any atom is -0.462 e. The first-order valence-electron chi connectivity index (χ1n) is 7.45. The number of thiophene rings is 1. The molecule has 0 bridgehead atoms. The summed E-state index contributed by atoms with van der Waals surface area (Å²) in [4.78, 5) is 21.3. The normalized spacial score (nSPS) is 10.8. The third-order valence-corrected chi connectivity index (χ3v) is 4.59. The third kappa shape index (κ3) is 3.20. The number of aryl methyl sites for hydroxylation is 2. The van der Waals surface area contributed by atoms with Gasteiger partial charge in [-0.3, -0.25) is 0 Å². The highest BCUT2D eigenvalue weighted by atomic mass is 35.5. The number of carbonyl (C=O) groups excluding carboxylic acids is 1. The van der Waals surface area contributed by atoms with Crippen LogP contribution in [0.3, 0.4) is 0 Å². The molecule has 0 amide bonds. The van der Waals surface area contributed by atoms with Crippen molar-refractivity contribution < 1.29 is 9.53 Å². The lowest BCUT2D eigenvalue weighted by Crippen LogP contribution is -2.06. The van der Waals surface area contributed by atoms with Crippen molar-refractivity contribution in [3.63, 3.8) is 0 Å². The second-order valence-corrected chi connectivity index (χ2v) is 6.53. The van der Waals surface area contributed by atoms with Gasteiger partial charge in [-0.2, -0.15) is 4.98 Å². The summed E-state index contributed by atoms with van der Waals surface area (Å²) in [6, 6.07) is 6.09. The van der Waals surface area contributed by atoms with Gasteiger partial charge in [0.1, 0.15) is 10.6 Å². The lowest BCUT2D eigenvalue weighted by Gasteiger charge is -2.12. The number of hydrogen-bond acceptors (Lipinski definition) is 6. The molecule has 1 aromatic carbocycles. The Balaban J connectivity index is 2.14. The highest BCUT2D eigenvalue weighted by Gasteiger charge is 2.20. The number of benzene rings is 1. The Morgan fingerprint density at radius 2 is 2.12 bits per heavy atom. The molecule has 7 heteroatoms. The zero-order chi connectivity index (χ0) is 17.3. The third-order valence-electron chi connectivity index (χ3n) is 3.55. The number of halogens is 1. The van der Waals surface area contributed by atoms with Crippen molar-refractivity contribution in [3.8, 4) is 0 Å². The molecule has 0 spiro atoms. The fourth-order valence-electron chi connectivity index (χ4n) is 2.36. The SMILES string of the molecule is CCOC(=O)c1csc2nc(Cl)nc(Nc3cc(C)ccc3C)c12. The predicted molar refractivity (Wildman–Crippen MR) is 97.6 cm³/mol. The molecule has 0 aliphatic carbocycles. The minimum atomic E-state index is -0.390. The highest BCUT2D eigenvalue weighted by Crippen LogP contribution is 2.34. The first kappa shape index (κ1) is 16.7. The van der Waals surface area contributed by atoms with Crippen LogP contribution in [0.5, 0.6) is 0 Å². The van der Waals surface area contributed by atoms with E-state index in [-0.39, 0.29) is 5.28 Å². The van der Waals surface area contributed by atoms with Crippen LogP contribution in [-0.4, -0.2) is 22.5 Å². The molecule has 3 rings (SSSR count). The largest absolute Gasteiger partial charge is 0.462 e. The molecular weight excluding hydrogens is 346 g/mol. The van der Waals surface area contributed by atoms with Gasteiger partial charge in [0.25, 0.3) is 0 Å². The molecule has 24 heavy (non-hydrogen) atoms. The van der Waals surface area contributed by atoms with Crippen LogP contribution < -0.4 is 5.32 Å². The summed E-state index contributed by atoms with van der Waals surface area (Å²) in [5, 5.41) is 5.77. The first-order chi connectivity index (χ1) is 11.5. The second-order valence-electron chi connectivity index (χ2n) is 5.33. The Hall–Kier alpha value is -2.18. The van der Waals surface area contributed by atoms with Gasteiger partial charge in [0.05, 0.1) is 17.6 Å². The van der Waals surface area contributed by atoms with E-state index in [0.717, 1.165) is 16.8 Å². The summed E-state index contributed by atoms with van der Waals surface area (Å²) in [6.45, 7) is 6.10. The van der Waals surface area contributed by atoms with Crippen molar-refractivity contribution in [1.29, 1.82) is 0 Å². The Morgan fingerprint density at radius 1 is 1.33 bits per heavy atom. The van der Waals surface area contributed by atoms with Gasteiger partial charge in [0.2, 0.25) is 5.28 Å². The first-order valence-corrected chi connectivity index (χ1v) is 8.71. The standard InChI is InChI=1S/C17H16ClN3O2S/c1-4-23-16(22)11-8-24-15-13(11)14(20-17(18)21-15)19-12-7-9(2)5-6-10(12)3/h5-8H,4H2,1-3H3,(H,19,20,21). The molecule has 0 radical (unpaired) electrons. The van der Waals surface area contributed by atoms with Crippen LogP contribution >= 0.6 is 22.9 Å². The number of rotatable bonds is 4. The quantitative estimate of drug-likeness (QED) is 0.530. The van der Waals surface area contributed by atoms with E-state index >= 15 is 0 Å². The van der Waals surface area contributed by atoms with Crippen molar-refractivity contribution >= 4 is 50.6 Å². The Labute approximate surface area is 148 Å². The fourth-order valence-corrected chi connectivity index (χ4v) is 3.49. The molecule has 0 unspecified atom stereocenters. The Bertz CT molecular complexity index is 924. The van der Waals surface area contributed by atoms with Gasteiger partial charge >= 0.3 is 5.97 Å². The second kappa shape index (κ2) is 6.75. The average molecular weight is 362 g/mol. The van der Waals surface area contributed by atoms with E-state index < -0.39 is 5.97 Å². The Morgan fingerprint density at radius 3 is 2.88 bits per heavy atom. The van der Waals surface area contributed by atoms with Crippen LogP contribution in [0, 0.1) is 13.8 Å². The number of nitrogens with one attached hydrogen (secondary N) is 1. The van der Waals surface area contributed by atoms with Crippen molar-refractivity contribution in [2.45, 2.75) is 20.8 Å². The molecule has 0 atom stereocenters. The summed E-state index contributed by atoms with van der Waals surface area (Å²) in [5.74, 6) is 0.113. The Kier molecular flexibility index (Phi) is 4.69. The van der Waals surface area contributed by atoms with Crippen LogP contribution in [0.25, 0.3) is 10.2 Å². The van der Waals surface area contributed by atoms with Crippen molar-refractivity contribution in [1.82, 2.24) is 9.97 Å². The molecule has 1 N–H and O–H groups in total. The van der Waals surface area contributed by atoms with Crippen LogP contribution in [-0.2, 0) is 4.74 Å². The molecular formula is C17H16ClN3O2S. The summed E-state index contributed by atoms with van der Waals surface area (Å²) in [6.07, 6.45) is 0. The lowest BCUT2D eigenvalue weighted by atomic mass is 10.1. The molecule has 124 valence electrons. The maximum atomic E-state index is 12.2. The molecule has 0 saturated carbocycles. The van der Waals surface area contributed by atoms with Crippen molar-refractivity contribution in [3.05, 3.63) is 45.6 Å². The number of esters is 1. The smallest absolute Gasteiger partial charge is 0.339 e. The number of anilines is 2. The maximum absolute atomic E-state index is 12.2. The lowest BCUT2D eigenvalue weighted by molar-refractivity contribution is 0.0529. The monoisotopic (exact) mass is 361 g/mol. The summed E-state index contributed by atoms with van der Waals surface area (Å²) < 4.78 is 5.12. The number of nitrogens with zero attached hydrogens (tertiary/aromatic N) is 2. The van der Waals surface area contributed by atoms with Gasteiger partial charge in [-0.05, 0) is 49.6 Å². The number of ether oxygens (including phenoxy) is 1. The van der Waals surface area contributed by atoms with Gasteiger partial charge in [-0.25, -0.2) is 9.78 Å². The molecule has 0 aliphatic heterocycles. The summed E-state index contributed by atoms with van der Waals surface area (Å²) in [7, 11) is 0. The number of hydrogen-bond donors (Lipinski definition) is 1. The van der Waals surface area contributed by atoms with Gasteiger partial charge in [0, 0.05) is 11.1 Å². The van der Waals surface area contributed by atoms with E-state index in [1.807, 2.05) is 32.0 Å². The van der Waals surface area contributed by atoms with E-state index in [4.69, 9.17) is 16.3 Å². The van der Waals surface area contributed by atoms with Gasteiger partial charge < -0.3 is 10.1 Å². The molecule has 2 heterocycles. The molecule has 0 fully saturated rings. The van der Waals surface area contributed by atoms with E-state index in [9.17, 15) is 4.79 Å². The number of carbonyl (C=O) groups is 1. The number of fused-ring (bicyclic) bond motifs is 1. The van der Waals surface area contributed by atoms with Gasteiger partial charge in [0.15, 0.2) is 0 Å². The minimum absolute atomic E-state index is 0.132. The summed E-state index contributed by atoms with van der Waals surface area (Å²) >= 11 is 7.38. The predicted octanol–water partition coefficient (Wildman–Crippen LogP) is 4.88. The van der Waals surface area contributed by atoms with Crippen molar-refractivity contribution in [2.24, 2.45) is 0 Å². The van der Waals surface area contributed by atoms with Crippen molar-refractivity contribution in [2.75, 3.05) is 11.9 Å². The molecule has 2 aromatic heterocycles.